The number of aromatic hydroxyl groups is 1. The lowest BCUT2D eigenvalue weighted by atomic mass is 10.0. The van der Waals surface area contributed by atoms with Crippen LogP contribution in [0.15, 0.2) is 18.2 Å². The van der Waals surface area contributed by atoms with E-state index in [1.54, 1.807) is 4.90 Å². The lowest BCUT2D eigenvalue weighted by Gasteiger charge is -2.34. The molecule has 0 bridgehead atoms. The molecular weight excluding hydrogens is 254 g/mol. The molecule has 0 aliphatic carbocycles. The molecule has 0 radical (unpaired) electrons. The second-order valence-corrected chi connectivity index (χ2v) is 4.50. The van der Waals surface area contributed by atoms with Gasteiger partial charge in [0.25, 0.3) is 6.43 Å². The number of nitrogens with zero attached hydrogens (tertiary/aromatic N) is 1. The Kier molecular flexibility index (Phi) is 4.55. The van der Waals surface area contributed by atoms with E-state index in [1.807, 2.05) is 0 Å². The molecule has 1 aromatic carbocycles. The van der Waals surface area contributed by atoms with E-state index in [0.29, 0.717) is 31.7 Å². The summed E-state index contributed by atoms with van der Waals surface area (Å²) in [5.41, 5.74) is 0.464. The summed E-state index contributed by atoms with van der Waals surface area (Å²) < 4.78 is 31.7. The van der Waals surface area contributed by atoms with Crippen molar-refractivity contribution in [3.8, 4) is 11.5 Å². The monoisotopic (exact) mass is 272 g/mol. The van der Waals surface area contributed by atoms with E-state index in [2.05, 4.69) is 5.32 Å². The van der Waals surface area contributed by atoms with Gasteiger partial charge in [0.2, 0.25) is 0 Å². The second kappa shape index (κ2) is 6.16. The third-order valence-electron chi connectivity index (χ3n) is 3.33. The fourth-order valence-electron chi connectivity index (χ4n) is 2.35. The minimum absolute atomic E-state index is 0.0421. The molecule has 1 saturated heterocycles. The van der Waals surface area contributed by atoms with Crippen LogP contribution in [-0.2, 0) is 0 Å². The Morgan fingerprint density at radius 1 is 1.32 bits per heavy atom. The number of phenols is 1. The minimum atomic E-state index is -2.48. The smallest absolute Gasteiger partial charge is 0.258 e. The van der Waals surface area contributed by atoms with E-state index in [4.69, 9.17) is 4.74 Å². The molecule has 0 aromatic heterocycles. The average Bonchev–Trinajstić information content (AvgIpc) is 2.41. The SMILES string of the molecule is COc1cc([C@@H](C(F)F)N2CCNCC2)ccc1O. The maximum atomic E-state index is 13.3. The largest absolute Gasteiger partial charge is 0.504 e. The van der Waals surface area contributed by atoms with E-state index in [9.17, 15) is 13.9 Å². The molecule has 1 aliphatic heterocycles. The van der Waals surface area contributed by atoms with Crippen LogP contribution in [0.1, 0.15) is 11.6 Å². The first kappa shape index (κ1) is 14.0. The van der Waals surface area contributed by atoms with Crippen LogP contribution in [0.25, 0.3) is 0 Å². The number of methoxy groups -OCH3 is 1. The maximum absolute atomic E-state index is 13.3. The van der Waals surface area contributed by atoms with Gasteiger partial charge >= 0.3 is 0 Å². The lowest BCUT2D eigenvalue weighted by Crippen LogP contribution is -2.46. The van der Waals surface area contributed by atoms with Crippen molar-refractivity contribution in [3.63, 3.8) is 0 Å². The number of ether oxygens (including phenoxy) is 1. The Morgan fingerprint density at radius 2 is 2.00 bits per heavy atom. The summed E-state index contributed by atoms with van der Waals surface area (Å²) in [6.07, 6.45) is -2.48. The first-order valence-electron chi connectivity index (χ1n) is 6.23. The molecule has 2 rings (SSSR count). The summed E-state index contributed by atoms with van der Waals surface area (Å²) in [7, 11) is 1.40. The third kappa shape index (κ3) is 3.13. The average molecular weight is 272 g/mol. The van der Waals surface area contributed by atoms with Crippen molar-refractivity contribution in [2.75, 3.05) is 33.3 Å². The summed E-state index contributed by atoms with van der Waals surface area (Å²) in [6.45, 7) is 2.58. The molecule has 1 aromatic rings. The molecule has 1 fully saturated rings. The van der Waals surface area contributed by atoms with Crippen molar-refractivity contribution in [3.05, 3.63) is 23.8 Å². The highest BCUT2D eigenvalue weighted by Crippen LogP contribution is 2.34. The molecule has 0 saturated carbocycles. The Bertz CT molecular complexity index is 423. The highest BCUT2D eigenvalue weighted by molar-refractivity contribution is 5.42. The number of alkyl halides is 2. The van der Waals surface area contributed by atoms with Crippen molar-refractivity contribution in [2.45, 2.75) is 12.5 Å². The zero-order valence-corrected chi connectivity index (χ0v) is 10.8. The van der Waals surface area contributed by atoms with Gasteiger partial charge in [-0.2, -0.15) is 0 Å². The molecular formula is C13H18F2N2O2. The van der Waals surface area contributed by atoms with Crippen LogP contribution < -0.4 is 10.1 Å². The molecule has 1 aliphatic rings. The molecule has 6 heteroatoms. The van der Waals surface area contributed by atoms with Gasteiger partial charge in [-0.15, -0.1) is 0 Å². The summed E-state index contributed by atoms with van der Waals surface area (Å²) in [5.74, 6) is 0.179. The van der Waals surface area contributed by atoms with Crippen molar-refractivity contribution < 1.29 is 18.6 Å². The Labute approximate surface area is 111 Å². The predicted octanol–water partition coefficient (Wildman–Crippen LogP) is 1.61. The van der Waals surface area contributed by atoms with E-state index < -0.39 is 12.5 Å². The molecule has 1 atom stereocenters. The number of hydrogen-bond donors (Lipinski definition) is 2. The fraction of sp³-hybridized carbons (Fsp3) is 0.538. The van der Waals surface area contributed by atoms with Crippen LogP contribution >= 0.6 is 0 Å². The van der Waals surface area contributed by atoms with Crippen LogP contribution in [0.3, 0.4) is 0 Å². The number of nitrogens with one attached hydrogen (secondary N) is 1. The normalized spacial score (nSPS) is 18.5. The Morgan fingerprint density at radius 3 is 2.58 bits per heavy atom. The number of hydrogen-bond acceptors (Lipinski definition) is 4. The van der Waals surface area contributed by atoms with Crippen LogP contribution in [-0.4, -0.2) is 49.7 Å². The number of rotatable bonds is 4. The third-order valence-corrected chi connectivity index (χ3v) is 3.33. The second-order valence-electron chi connectivity index (χ2n) is 4.50. The lowest BCUT2D eigenvalue weighted by molar-refractivity contribution is 0.0180. The number of phenolic OH excluding ortho intramolecular Hbond substituents is 1. The van der Waals surface area contributed by atoms with Crippen LogP contribution in [0, 0.1) is 0 Å². The molecule has 0 spiro atoms. The number of piperazine rings is 1. The van der Waals surface area contributed by atoms with E-state index >= 15 is 0 Å². The highest BCUT2D eigenvalue weighted by Gasteiger charge is 2.30. The van der Waals surface area contributed by atoms with Crippen molar-refractivity contribution in [2.24, 2.45) is 0 Å². The van der Waals surface area contributed by atoms with Crippen LogP contribution in [0.4, 0.5) is 8.78 Å². The molecule has 0 unspecified atom stereocenters. The Balaban J connectivity index is 2.27. The van der Waals surface area contributed by atoms with Gasteiger partial charge in [-0.3, -0.25) is 4.90 Å². The van der Waals surface area contributed by atoms with Crippen molar-refractivity contribution in [1.29, 1.82) is 0 Å². The van der Waals surface area contributed by atoms with Crippen LogP contribution in [0.5, 0.6) is 11.5 Å². The predicted molar refractivity (Wildman–Crippen MR) is 67.8 cm³/mol. The fourth-order valence-corrected chi connectivity index (χ4v) is 2.35. The maximum Gasteiger partial charge on any atom is 0.258 e. The molecule has 19 heavy (non-hydrogen) atoms. The van der Waals surface area contributed by atoms with Gasteiger partial charge in [-0.1, -0.05) is 6.07 Å². The minimum Gasteiger partial charge on any atom is -0.504 e. The molecule has 0 amide bonds. The topological polar surface area (TPSA) is 44.7 Å². The van der Waals surface area contributed by atoms with Gasteiger partial charge in [0.05, 0.1) is 13.2 Å². The number of benzene rings is 1. The summed E-state index contributed by atoms with van der Waals surface area (Å²) in [5, 5.41) is 12.7. The van der Waals surface area contributed by atoms with Gasteiger partial charge in [0.1, 0.15) is 0 Å². The Hall–Kier alpha value is -1.40. The zero-order valence-electron chi connectivity index (χ0n) is 10.8. The molecule has 2 N–H and O–H groups in total. The summed E-state index contributed by atoms with van der Waals surface area (Å²) >= 11 is 0. The van der Waals surface area contributed by atoms with E-state index in [-0.39, 0.29) is 11.5 Å². The first-order valence-corrected chi connectivity index (χ1v) is 6.23. The standard InChI is InChI=1S/C13H18F2N2O2/c1-19-11-8-9(2-3-10(11)18)12(13(14)15)17-6-4-16-5-7-17/h2-3,8,12-13,16,18H,4-7H2,1H3/t12-/m0/s1. The number of halogens is 2. The van der Waals surface area contributed by atoms with Gasteiger partial charge in [0.15, 0.2) is 11.5 Å². The van der Waals surface area contributed by atoms with Gasteiger partial charge in [-0.25, -0.2) is 8.78 Å². The van der Waals surface area contributed by atoms with Gasteiger partial charge < -0.3 is 15.2 Å². The van der Waals surface area contributed by atoms with E-state index in [1.165, 1.54) is 25.3 Å². The van der Waals surface area contributed by atoms with Crippen molar-refractivity contribution in [1.82, 2.24) is 10.2 Å². The molecule has 1 heterocycles. The van der Waals surface area contributed by atoms with Gasteiger partial charge in [0, 0.05) is 26.2 Å². The first-order chi connectivity index (χ1) is 9.13. The summed E-state index contributed by atoms with van der Waals surface area (Å²) in [6, 6.07) is 3.44. The highest BCUT2D eigenvalue weighted by atomic mass is 19.3. The molecule has 106 valence electrons. The van der Waals surface area contributed by atoms with E-state index in [0.717, 1.165) is 0 Å². The van der Waals surface area contributed by atoms with Crippen molar-refractivity contribution >= 4 is 0 Å². The zero-order chi connectivity index (χ0) is 13.8. The molecule has 4 nitrogen and oxygen atoms in total. The summed E-state index contributed by atoms with van der Waals surface area (Å²) in [4.78, 5) is 1.76. The van der Waals surface area contributed by atoms with Gasteiger partial charge in [-0.05, 0) is 17.7 Å². The van der Waals surface area contributed by atoms with Crippen LogP contribution in [0.2, 0.25) is 0 Å². The quantitative estimate of drug-likeness (QED) is 0.874.